The molecule has 5 nitrogen and oxygen atoms in total. The average molecular weight is 189 g/mol. The van der Waals surface area contributed by atoms with Crippen LogP contribution in [-0.2, 0) is 4.79 Å². The molecule has 1 aliphatic heterocycles. The van der Waals surface area contributed by atoms with Gasteiger partial charge in [-0.2, -0.15) is 0 Å². The molecule has 0 aliphatic carbocycles. The molecule has 1 aliphatic rings. The Balaban J connectivity index is -0.000000213. The van der Waals surface area contributed by atoms with Crippen LogP contribution < -0.4 is 10.4 Å². The zero-order valence-electron chi connectivity index (χ0n) is 5.69. The van der Waals surface area contributed by atoms with E-state index in [1.165, 1.54) is 11.8 Å². The van der Waals surface area contributed by atoms with Crippen LogP contribution >= 0.6 is 11.8 Å². The first-order valence-electron chi connectivity index (χ1n) is 2.20. The van der Waals surface area contributed by atoms with Gasteiger partial charge >= 0.3 is 23.1 Å². The number of carboxylic acids is 1. The molecule has 1 saturated heterocycles. The quantitative estimate of drug-likeness (QED) is 0.371. The van der Waals surface area contributed by atoms with Crippen molar-refractivity contribution in [2.75, 3.05) is 5.88 Å². The van der Waals surface area contributed by atoms with Crippen molar-refractivity contribution < 1.29 is 20.9 Å². The van der Waals surface area contributed by atoms with E-state index in [0.717, 1.165) is 0 Å². The minimum Gasteiger partial charge on any atom is -0.870 e. The Hall–Kier alpha value is 0.336. The first-order valence-corrected chi connectivity index (χ1v) is 3.25. The molecule has 7 heteroatoms. The Kier molecular flexibility index (Phi) is 13.4. The molecule has 1 unspecified atom stereocenters. The fraction of sp³-hybridized carbons (Fsp3) is 0.500. The van der Waals surface area contributed by atoms with Crippen molar-refractivity contribution in [3.8, 4) is 0 Å². The largest absolute Gasteiger partial charge is 2.00 e. The number of aliphatic carboxylic acids is 1. The fourth-order valence-corrected chi connectivity index (χ4v) is 1.24. The van der Waals surface area contributed by atoms with Gasteiger partial charge in [0, 0.05) is 0 Å². The molecule has 0 radical (unpaired) electrons. The van der Waals surface area contributed by atoms with E-state index in [9.17, 15) is 9.90 Å². The molecule has 1 heterocycles. The average Bonchev–Trinajstić information content (AvgIpc) is 2.12. The number of carbonyl (C=O) groups is 1. The minimum atomic E-state index is -1.05. The van der Waals surface area contributed by atoms with E-state index in [-0.39, 0.29) is 34.0 Å². The Morgan fingerprint density at radius 2 is 2.18 bits per heavy atom. The number of hydrogen-bond acceptors (Lipinski definition) is 6. The maximum atomic E-state index is 9.98. The van der Waals surface area contributed by atoms with E-state index in [1.807, 2.05) is 0 Å². The predicted octanol–water partition coefficient (Wildman–Crippen LogP) is -2.17. The second-order valence-electron chi connectivity index (χ2n) is 1.45. The molecule has 1 atom stereocenters. The third-order valence-electron chi connectivity index (χ3n) is 0.873. The molecule has 60 valence electrons. The molecule has 11 heavy (non-hydrogen) atoms. The minimum absolute atomic E-state index is 0. The Morgan fingerprint density at radius 3 is 2.36 bits per heavy atom. The number of nitrogens with one attached hydrogen (secondary N) is 1. The van der Waals surface area contributed by atoms with Crippen molar-refractivity contribution in [1.29, 1.82) is 0 Å². The van der Waals surface area contributed by atoms with Crippen LogP contribution in [0.25, 0.3) is 0 Å². The molecule has 1 rings (SSSR count). The summed E-state index contributed by atoms with van der Waals surface area (Å²) < 4.78 is 0. The van der Waals surface area contributed by atoms with Gasteiger partial charge in [0.25, 0.3) is 0 Å². The zero-order valence-corrected chi connectivity index (χ0v) is 7.92. The Bertz CT molecular complexity index is 108. The van der Waals surface area contributed by atoms with E-state index >= 15 is 0 Å². The van der Waals surface area contributed by atoms with Gasteiger partial charge in [-0.1, -0.05) is 0 Å². The van der Waals surface area contributed by atoms with Crippen LogP contribution in [0.3, 0.4) is 0 Å². The van der Waals surface area contributed by atoms with Crippen LogP contribution in [0, 0.1) is 5.75 Å². The van der Waals surface area contributed by atoms with E-state index < -0.39 is 12.0 Å². The first kappa shape index (κ1) is 17.4. The van der Waals surface area contributed by atoms with Crippen molar-refractivity contribution in [3.63, 3.8) is 0 Å². The standard InChI is InChI=1S/C4H5NO2S.Mg.2H2O/c6-4(7)3-1-8-2-5-3;;;/h1,3,5H,2H2;;2*1H2/q;+2;;/p-2. The van der Waals surface area contributed by atoms with Gasteiger partial charge in [0.15, 0.2) is 5.75 Å². The summed E-state index contributed by atoms with van der Waals surface area (Å²) in [6.07, 6.45) is 0. The summed E-state index contributed by atoms with van der Waals surface area (Å²) in [4.78, 5) is 9.98. The molecule has 0 amide bonds. The predicted molar refractivity (Wildman–Crippen MR) is 38.3 cm³/mol. The summed E-state index contributed by atoms with van der Waals surface area (Å²) in [6.45, 7) is 0. The van der Waals surface area contributed by atoms with Gasteiger partial charge in [-0.25, -0.2) is 0 Å². The van der Waals surface area contributed by atoms with Crippen molar-refractivity contribution >= 4 is 40.8 Å². The van der Waals surface area contributed by atoms with Crippen LogP contribution in [-0.4, -0.2) is 51.9 Å². The molecule has 0 aromatic carbocycles. The summed E-state index contributed by atoms with van der Waals surface area (Å²) in [5, 5.41) is 12.7. The van der Waals surface area contributed by atoms with E-state index in [4.69, 9.17) is 0 Å². The molecular weight excluding hydrogens is 182 g/mol. The van der Waals surface area contributed by atoms with Crippen LogP contribution in [0.1, 0.15) is 0 Å². The third kappa shape index (κ3) is 5.59. The van der Waals surface area contributed by atoms with Crippen molar-refractivity contribution in [3.05, 3.63) is 5.75 Å². The Morgan fingerprint density at radius 1 is 1.64 bits per heavy atom. The second-order valence-corrected chi connectivity index (χ2v) is 2.34. The van der Waals surface area contributed by atoms with Crippen LogP contribution in [0.2, 0.25) is 0 Å². The molecular formula is C4H7MgNO4S. The summed E-state index contributed by atoms with van der Waals surface area (Å²) in [5.74, 6) is 1.25. The maximum absolute atomic E-state index is 9.98. The number of thioether (sulfide) groups is 1. The van der Waals surface area contributed by atoms with Crippen LogP contribution in [0.5, 0.6) is 0 Å². The second kappa shape index (κ2) is 8.43. The monoisotopic (exact) mass is 189 g/mol. The fourth-order valence-electron chi connectivity index (χ4n) is 0.469. The van der Waals surface area contributed by atoms with E-state index in [0.29, 0.717) is 5.88 Å². The van der Waals surface area contributed by atoms with Gasteiger partial charge < -0.3 is 20.9 Å². The number of hydrogen-bond donors (Lipinski definition) is 1. The van der Waals surface area contributed by atoms with E-state index in [2.05, 4.69) is 5.32 Å². The van der Waals surface area contributed by atoms with Crippen molar-refractivity contribution in [2.24, 2.45) is 0 Å². The SMILES string of the molecule is O=C([O-])C1[CH+]SCN1.[Mg+2].[OH-].[OH-]. The van der Waals surface area contributed by atoms with Gasteiger partial charge in [-0.3, -0.25) is 5.32 Å². The smallest absolute Gasteiger partial charge is 0.870 e. The maximum Gasteiger partial charge on any atom is 2.00 e. The molecule has 0 bridgehead atoms. The van der Waals surface area contributed by atoms with Gasteiger partial charge in [-0.15, -0.1) is 0 Å². The normalized spacial score (nSPS) is 19.8. The zero-order chi connectivity index (χ0) is 5.98. The molecule has 0 spiro atoms. The van der Waals surface area contributed by atoms with Gasteiger partial charge in [0.05, 0.1) is 17.6 Å². The van der Waals surface area contributed by atoms with Crippen LogP contribution in [0.4, 0.5) is 0 Å². The van der Waals surface area contributed by atoms with Crippen molar-refractivity contribution in [1.82, 2.24) is 5.32 Å². The Labute approximate surface area is 84.7 Å². The third-order valence-corrected chi connectivity index (χ3v) is 1.67. The molecule has 0 aromatic rings. The van der Waals surface area contributed by atoms with Gasteiger partial charge in [0.2, 0.25) is 6.04 Å². The van der Waals surface area contributed by atoms with Gasteiger partial charge in [0.1, 0.15) is 5.97 Å². The topological polar surface area (TPSA) is 112 Å². The number of rotatable bonds is 1. The van der Waals surface area contributed by atoms with Gasteiger partial charge in [-0.05, 0) is 0 Å². The first-order chi connectivity index (χ1) is 3.80. The summed E-state index contributed by atoms with van der Waals surface area (Å²) in [6, 6.07) is -0.542. The van der Waals surface area contributed by atoms with Crippen LogP contribution in [0.15, 0.2) is 0 Å². The number of carboxylic acid groups (broad SMARTS) is 1. The summed E-state index contributed by atoms with van der Waals surface area (Å²) in [5.41, 5.74) is 0. The molecule has 1 fully saturated rings. The number of carbonyl (C=O) groups excluding carboxylic acids is 1. The molecule has 3 N–H and O–H groups in total. The van der Waals surface area contributed by atoms with E-state index in [1.54, 1.807) is 5.75 Å². The summed E-state index contributed by atoms with van der Waals surface area (Å²) >= 11 is 1.45. The molecule has 0 aromatic heterocycles. The summed E-state index contributed by atoms with van der Waals surface area (Å²) in [7, 11) is 0. The molecule has 0 saturated carbocycles. The van der Waals surface area contributed by atoms with Crippen molar-refractivity contribution in [2.45, 2.75) is 6.04 Å².